The number of hydrogen-bond donors (Lipinski definition) is 3. The molecule has 0 saturated carbocycles. The van der Waals surface area contributed by atoms with Gasteiger partial charge in [0.05, 0.1) is 6.54 Å². The second-order valence-electron chi connectivity index (χ2n) is 5.51. The smallest absolute Gasteiger partial charge is 0.281 e. The minimum atomic E-state index is -0.723. The molecule has 2 heterocycles. The first-order valence-electron chi connectivity index (χ1n) is 7.33. The number of nitrogens with one attached hydrogen (secondary N) is 2. The van der Waals surface area contributed by atoms with Crippen LogP contribution in [0.2, 0.25) is 0 Å². The Labute approximate surface area is 136 Å². The van der Waals surface area contributed by atoms with Gasteiger partial charge in [-0.1, -0.05) is 6.07 Å². The summed E-state index contributed by atoms with van der Waals surface area (Å²) >= 11 is 0. The molecule has 2 aliphatic rings. The van der Waals surface area contributed by atoms with Crippen LogP contribution in [0.25, 0.3) is 0 Å². The third-order valence-electron chi connectivity index (χ3n) is 4.02. The van der Waals surface area contributed by atoms with E-state index in [1.807, 2.05) is 0 Å². The van der Waals surface area contributed by atoms with Crippen LogP contribution in [0.5, 0.6) is 5.75 Å². The maximum Gasteiger partial charge on any atom is 0.281 e. The summed E-state index contributed by atoms with van der Waals surface area (Å²) in [6, 6.07) is 4.11. The maximum absolute atomic E-state index is 12.6. The second-order valence-corrected chi connectivity index (χ2v) is 5.51. The SMILES string of the molecule is O=C(COc1cccc2c1CN(C1CCC(=O)NC1=O)C2=O)NO. The van der Waals surface area contributed by atoms with E-state index in [9.17, 15) is 19.2 Å². The molecule has 0 aromatic heterocycles. The molecule has 3 rings (SSSR count). The van der Waals surface area contributed by atoms with Crippen LogP contribution < -0.4 is 15.5 Å². The normalized spacial score (nSPS) is 19.8. The first kappa shape index (κ1) is 15.9. The van der Waals surface area contributed by atoms with Crippen LogP contribution in [0.1, 0.15) is 28.8 Å². The van der Waals surface area contributed by atoms with E-state index >= 15 is 0 Å². The van der Waals surface area contributed by atoms with Gasteiger partial charge >= 0.3 is 0 Å². The zero-order chi connectivity index (χ0) is 17.3. The molecule has 24 heavy (non-hydrogen) atoms. The minimum Gasteiger partial charge on any atom is -0.483 e. The molecule has 1 atom stereocenters. The fraction of sp³-hybridized carbons (Fsp3) is 0.333. The molecule has 3 N–H and O–H groups in total. The first-order valence-corrected chi connectivity index (χ1v) is 7.33. The number of rotatable bonds is 4. The quantitative estimate of drug-likeness (QED) is 0.381. The van der Waals surface area contributed by atoms with E-state index in [0.717, 1.165) is 0 Å². The van der Waals surface area contributed by atoms with Gasteiger partial charge in [-0.2, -0.15) is 0 Å². The van der Waals surface area contributed by atoms with Gasteiger partial charge in [-0.15, -0.1) is 0 Å². The van der Waals surface area contributed by atoms with E-state index in [1.54, 1.807) is 18.2 Å². The number of piperidine rings is 1. The van der Waals surface area contributed by atoms with Gasteiger partial charge in [0.15, 0.2) is 6.61 Å². The minimum absolute atomic E-state index is 0.150. The van der Waals surface area contributed by atoms with Crippen molar-refractivity contribution in [3.63, 3.8) is 0 Å². The van der Waals surface area contributed by atoms with Gasteiger partial charge in [0.25, 0.3) is 11.8 Å². The van der Waals surface area contributed by atoms with Crippen molar-refractivity contribution >= 4 is 23.6 Å². The van der Waals surface area contributed by atoms with Gasteiger partial charge in [0, 0.05) is 17.5 Å². The molecule has 1 fully saturated rings. The Kier molecular flexibility index (Phi) is 4.17. The molecule has 4 amide bonds. The molecule has 1 aromatic carbocycles. The average Bonchev–Trinajstić information content (AvgIpc) is 2.90. The van der Waals surface area contributed by atoms with Crippen molar-refractivity contribution in [1.82, 2.24) is 15.7 Å². The van der Waals surface area contributed by atoms with Crippen molar-refractivity contribution in [3.05, 3.63) is 29.3 Å². The van der Waals surface area contributed by atoms with Crippen LogP contribution in [0, 0.1) is 0 Å². The molecule has 126 valence electrons. The predicted molar refractivity (Wildman–Crippen MR) is 77.9 cm³/mol. The summed E-state index contributed by atoms with van der Waals surface area (Å²) in [5.41, 5.74) is 2.41. The number of amides is 4. The van der Waals surface area contributed by atoms with Gasteiger partial charge < -0.3 is 9.64 Å². The van der Waals surface area contributed by atoms with Gasteiger partial charge in [-0.25, -0.2) is 5.48 Å². The largest absolute Gasteiger partial charge is 0.483 e. The molecule has 9 nitrogen and oxygen atoms in total. The molecule has 1 unspecified atom stereocenters. The molecule has 1 saturated heterocycles. The summed E-state index contributed by atoms with van der Waals surface area (Å²) in [6.07, 6.45) is 0.448. The van der Waals surface area contributed by atoms with Crippen LogP contribution >= 0.6 is 0 Å². The Balaban J connectivity index is 1.81. The molecule has 0 radical (unpaired) electrons. The number of hydrogen-bond acceptors (Lipinski definition) is 6. The third kappa shape index (κ3) is 2.81. The van der Waals surface area contributed by atoms with Crippen molar-refractivity contribution in [3.8, 4) is 5.75 Å². The zero-order valence-electron chi connectivity index (χ0n) is 12.6. The Hall–Kier alpha value is -2.94. The van der Waals surface area contributed by atoms with Crippen molar-refractivity contribution in [1.29, 1.82) is 0 Å². The van der Waals surface area contributed by atoms with Crippen molar-refractivity contribution in [2.24, 2.45) is 0 Å². The summed E-state index contributed by atoms with van der Waals surface area (Å²) in [6.45, 7) is -0.253. The number of carbonyl (C=O) groups is 4. The summed E-state index contributed by atoms with van der Waals surface area (Å²) in [5, 5.41) is 10.7. The molecule has 9 heteroatoms. The van der Waals surface area contributed by atoms with Crippen molar-refractivity contribution in [2.45, 2.75) is 25.4 Å². The van der Waals surface area contributed by atoms with Gasteiger partial charge in [-0.3, -0.25) is 29.7 Å². The second kappa shape index (κ2) is 6.28. The lowest BCUT2D eigenvalue weighted by molar-refractivity contribution is -0.137. The third-order valence-corrected chi connectivity index (χ3v) is 4.02. The number of ether oxygens (including phenoxy) is 1. The average molecular weight is 333 g/mol. The number of imide groups is 1. The van der Waals surface area contributed by atoms with Crippen LogP contribution in [0.4, 0.5) is 0 Å². The highest BCUT2D eigenvalue weighted by Gasteiger charge is 2.40. The monoisotopic (exact) mass is 333 g/mol. The Morgan fingerprint density at radius 3 is 2.88 bits per heavy atom. The summed E-state index contributed by atoms with van der Waals surface area (Å²) in [4.78, 5) is 48.3. The fourth-order valence-electron chi connectivity index (χ4n) is 2.87. The van der Waals surface area contributed by atoms with Gasteiger partial charge in [-0.05, 0) is 18.6 Å². The number of fused-ring (bicyclic) bond motifs is 1. The molecule has 0 bridgehead atoms. The van der Waals surface area contributed by atoms with E-state index in [-0.39, 0.29) is 31.2 Å². The van der Waals surface area contributed by atoms with E-state index in [2.05, 4.69) is 5.32 Å². The molecule has 1 aromatic rings. The highest BCUT2D eigenvalue weighted by Crippen LogP contribution is 2.33. The molecule has 2 aliphatic heterocycles. The fourth-order valence-corrected chi connectivity index (χ4v) is 2.87. The zero-order valence-corrected chi connectivity index (χ0v) is 12.6. The van der Waals surface area contributed by atoms with Crippen LogP contribution in [0.3, 0.4) is 0 Å². The highest BCUT2D eigenvalue weighted by atomic mass is 16.5. The summed E-state index contributed by atoms with van der Waals surface area (Å²) < 4.78 is 5.32. The van der Waals surface area contributed by atoms with Crippen LogP contribution in [-0.2, 0) is 20.9 Å². The predicted octanol–water partition coefficient (Wildman–Crippen LogP) is -0.668. The number of carbonyl (C=O) groups excluding carboxylic acids is 4. The lowest BCUT2D eigenvalue weighted by atomic mass is 10.0. The molecule has 0 aliphatic carbocycles. The van der Waals surface area contributed by atoms with E-state index in [4.69, 9.17) is 9.94 Å². The van der Waals surface area contributed by atoms with Crippen LogP contribution in [0.15, 0.2) is 18.2 Å². The maximum atomic E-state index is 12.6. The van der Waals surface area contributed by atoms with Gasteiger partial charge in [0.2, 0.25) is 11.8 Å². The first-order chi connectivity index (χ1) is 11.5. The lowest BCUT2D eigenvalue weighted by Crippen LogP contribution is -2.52. The van der Waals surface area contributed by atoms with E-state index in [0.29, 0.717) is 16.9 Å². The Morgan fingerprint density at radius 1 is 1.38 bits per heavy atom. The highest BCUT2D eigenvalue weighted by molar-refractivity contribution is 6.05. The van der Waals surface area contributed by atoms with E-state index in [1.165, 1.54) is 10.4 Å². The molecular weight excluding hydrogens is 318 g/mol. The van der Waals surface area contributed by atoms with E-state index < -0.39 is 24.5 Å². The Bertz CT molecular complexity index is 732. The Morgan fingerprint density at radius 2 is 2.17 bits per heavy atom. The number of nitrogens with zero attached hydrogens (tertiary/aromatic N) is 1. The summed E-state index contributed by atoms with van der Waals surface area (Å²) in [5.74, 6) is -1.55. The standard InChI is InChI=1S/C15H15N3O6/c19-12-5-4-10(14(21)16-12)18-6-9-8(15(18)22)2-1-3-11(9)24-7-13(20)17-23/h1-3,10,23H,4-7H2,(H,17,20)(H,16,19,21). The van der Waals surface area contributed by atoms with Crippen molar-refractivity contribution in [2.75, 3.05) is 6.61 Å². The van der Waals surface area contributed by atoms with Crippen LogP contribution in [-0.4, -0.2) is 46.4 Å². The number of benzene rings is 1. The topological polar surface area (TPSA) is 125 Å². The van der Waals surface area contributed by atoms with Crippen molar-refractivity contribution < 1.29 is 29.1 Å². The number of hydroxylamine groups is 1. The lowest BCUT2D eigenvalue weighted by Gasteiger charge is -2.29. The van der Waals surface area contributed by atoms with Gasteiger partial charge in [0.1, 0.15) is 11.8 Å². The molecular formula is C15H15N3O6. The molecule has 0 spiro atoms. The summed E-state index contributed by atoms with van der Waals surface area (Å²) in [7, 11) is 0.